The molecule has 2 heteroatoms. The summed E-state index contributed by atoms with van der Waals surface area (Å²) in [6.45, 7) is 8.75. The fraction of sp³-hybridized carbons (Fsp3) is 0.571. The number of benzene rings is 1. The van der Waals surface area contributed by atoms with Gasteiger partial charge in [0.25, 0.3) is 0 Å². The monoisotopic (exact) mass is 222 g/mol. The van der Waals surface area contributed by atoms with E-state index in [2.05, 4.69) is 6.92 Å². The molecule has 0 aliphatic heterocycles. The summed E-state index contributed by atoms with van der Waals surface area (Å²) in [6.07, 6.45) is 1.81. The van der Waals surface area contributed by atoms with Crippen LogP contribution >= 0.6 is 0 Å². The molecule has 0 fully saturated rings. The Hall–Kier alpha value is -1.02. The second-order valence-corrected chi connectivity index (χ2v) is 4.35. The third-order valence-corrected chi connectivity index (χ3v) is 2.75. The van der Waals surface area contributed by atoms with Crippen molar-refractivity contribution in [2.45, 2.75) is 46.6 Å². The Labute approximate surface area is 98.3 Å². The number of aryl methyl sites for hydroxylation is 2. The summed E-state index contributed by atoms with van der Waals surface area (Å²) in [6, 6.07) is 4.01. The highest BCUT2D eigenvalue weighted by Gasteiger charge is 2.10. The van der Waals surface area contributed by atoms with E-state index in [4.69, 9.17) is 4.74 Å². The zero-order valence-electron chi connectivity index (χ0n) is 10.7. The van der Waals surface area contributed by atoms with Gasteiger partial charge in [0.2, 0.25) is 0 Å². The molecule has 1 atom stereocenters. The zero-order valence-corrected chi connectivity index (χ0v) is 10.7. The van der Waals surface area contributed by atoms with Crippen molar-refractivity contribution in [1.82, 2.24) is 0 Å². The van der Waals surface area contributed by atoms with Crippen LogP contribution in [0.2, 0.25) is 0 Å². The molecule has 0 aliphatic rings. The summed E-state index contributed by atoms with van der Waals surface area (Å²) in [4.78, 5) is 0. The van der Waals surface area contributed by atoms with Gasteiger partial charge in [-0.05, 0) is 56.0 Å². The topological polar surface area (TPSA) is 29.5 Å². The van der Waals surface area contributed by atoms with Gasteiger partial charge in [-0.3, -0.25) is 0 Å². The molecule has 0 spiro atoms. The maximum atomic E-state index is 9.65. The molecular weight excluding hydrogens is 200 g/mol. The van der Waals surface area contributed by atoms with Crippen molar-refractivity contribution < 1.29 is 9.84 Å². The van der Waals surface area contributed by atoms with E-state index >= 15 is 0 Å². The number of aliphatic hydroxyl groups is 1. The van der Waals surface area contributed by atoms with Gasteiger partial charge in [-0.25, -0.2) is 0 Å². The van der Waals surface area contributed by atoms with E-state index < -0.39 is 6.10 Å². The van der Waals surface area contributed by atoms with Gasteiger partial charge in [0.05, 0.1) is 12.7 Å². The van der Waals surface area contributed by atoms with Crippen LogP contribution in [0.3, 0.4) is 0 Å². The van der Waals surface area contributed by atoms with Gasteiger partial charge in [-0.15, -0.1) is 0 Å². The minimum atomic E-state index is -0.412. The number of unbranched alkanes of at least 4 members (excludes halogenated alkanes) is 1. The van der Waals surface area contributed by atoms with E-state index in [-0.39, 0.29) is 0 Å². The van der Waals surface area contributed by atoms with Gasteiger partial charge in [-0.2, -0.15) is 0 Å². The maximum absolute atomic E-state index is 9.65. The molecule has 1 aromatic carbocycles. The van der Waals surface area contributed by atoms with Gasteiger partial charge >= 0.3 is 0 Å². The molecule has 0 bridgehead atoms. The Morgan fingerprint density at radius 2 is 1.81 bits per heavy atom. The summed E-state index contributed by atoms with van der Waals surface area (Å²) in [5, 5.41) is 9.65. The van der Waals surface area contributed by atoms with Crippen LogP contribution in [-0.2, 0) is 0 Å². The van der Waals surface area contributed by atoms with Crippen molar-refractivity contribution in [3.8, 4) is 5.75 Å². The van der Waals surface area contributed by atoms with Crippen LogP contribution in [-0.4, -0.2) is 11.7 Å². The minimum Gasteiger partial charge on any atom is -0.494 e. The quantitative estimate of drug-likeness (QED) is 0.772. The lowest BCUT2D eigenvalue weighted by Gasteiger charge is -2.15. The lowest BCUT2D eigenvalue weighted by atomic mass is 9.98. The standard InChI is InChI=1S/C14H22O2/c1-5-6-7-16-13-8-10(2)14(12(4)15)11(3)9-13/h8-9,12,15H,5-7H2,1-4H3/t12-/m0/s1. The van der Waals surface area contributed by atoms with Crippen LogP contribution in [0.25, 0.3) is 0 Å². The summed E-state index contributed by atoms with van der Waals surface area (Å²) in [5.41, 5.74) is 3.21. The minimum absolute atomic E-state index is 0.412. The van der Waals surface area contributed by atoms with Crippen LogP contribution in [0.5, 0.6) is 5.75 Å². The number of ether oxygens (including phenoxy) is 1. The molecule has 0 aliphatic carbocycles. The van der Waals surface area contributed by atoms with E-state index in [0.717, 1.165) is 41.9 Å². The number of aliphatic hydroxyl groups excluding tert-OH is 1. The predicted octanol–water partition coefficient (Wildman–Crippen LogP) is 3.54. The van der Waals surface area contributed by atoms with Crippen LogP contribution < -0.4 is 4.74 Å². The molecule has 0 saturated carbocycles. The van der Waals surface area contributed by atoms with Crippen molar-refractivity contribution in [3.05, 3.63) is 28.8 Å². The molecule has 1 aromatic rings. The highest BCUT2D eigenvalue weighted by molar-refractivity contribution is 5.42. The molecule has 90 valence electrons. The largest absolute Gasteiger partial charge is 0.494 e. The fourth-order valence-electron chi connectivity index (χ4n) is 2.01. The molecule has 0 saturated heterocycles. The molecule has 0 amide bonds. The first-order valence-corrected chi connectivity index (χ1v) is 5.98. The Bertz CT molecular complexity index is 320. The van der Waals surface area contributed by atoms with Crippen LogP contribution in [0.15, 0.2) is 12.1 Å². The molecule has 0 unspecified atom stereocenters. The molecule has 1 rings (SSSR count). The third-order valence-electron chi connectivity index (χ3n) is 2.75. The molecular formula is C14H22O2. The van der Waals surface area contributed by atoms with Gasteiger partial charge in [0.1, 0.15) is 5.75 Å². The number of hydrogen-bond donors (Lipinski definition) is 1. The Kier molecular flexibility index (Phi) is 4.81. The molecule has 0 aromatic heterocycles. The van der Waals surface area contributed by atoms with E-state index in [1.165, 1.54) is 0 Å². The van der Waals surface area contributed by atoms with Gasteiger partial charge in [0, 0.05) is 0 Å². The van der Waals surface area contributed by atoms with Gasteiger partial charge < -0.3 is 9.84 Å². The lowest BCUT2D eigenvalue weighted by molar-refractivity contribution is 0.197. The smallest absolute Gasteiger partial charge is 0.119 e. The third kappa shape index (κ3) is 3.24. The van der Waals surface area contributed by atoms with E-state index in [1.54, 1.807) is 6.92 Å². The average Bonchev–Trinajstić information content (AvgIpc) is 2.16. The number of rotatable bonds is 5. The Morgan fingerprint density at radius 1 is 1.25 bits per heavy atom. The fourth-order valence-corrected chi connectivity index (χ4v) is 2.01. The SMILES string of the molecule is CCCCOc1cc(C)c([C@H](C)O)c(C)c1. The second-order valence-electron chi connectivity index (χ2n) is 4.35. The normalized spacial score (nSPS) is 12.6. The van der Waals surface area contributed by atoms with E-state index in [1.807, 2.05) is 26.0 Å². The maximum Gasteiger partial charge on any atom is 0.119 e. The van der Waals surface area contributed by atoms with Crippen LogP contribution in [0.4, 0.5) is 0 Å². The lowest BCUT2D eigenvalue weighted by Crippen LogP contribution is -2.02. The Balaban J connectivity index is 2.83. The summed E-state index contributed by atoms with van der Waals surface area (Å²) < 4.78 is 5.66. The Morgan fingerprint density at radius 3 is 2.25 bits per heavy atom. The highest BCUT2D eigenvalue weighted by atomic mass is 16.5. The number of hydrogen-bond acceptors (Lipinski definition) is 2. The molecule has 16 heavy (non-hydrogen) atoms. The molecule has 0 radical (unpaired) electrons. The summed E-state index contributed by atoms with van der Waals surface area (Å²) >= 11 is 0. The molecule has 1 N–H and O–H groups in total. The average molecular weight is 222 g/mol. The zero-order chi connectivity index (χ0) is 12.1. The molecule has 0 heterocycles. The van der Waals surface area contributed by atoms with E-state index in [0.29, 0.717) is 0 Å². The van der Waals surface area contributed by atoms with Crippen molar-refractivity contribution in [1.29, 1.82) is 0 Å². The summed E-state index contributed by atoms with van der Waals surface area (Å²) in [5.74, 6) is 0.910. The first-order chi connectivity index (χ1) is 7.56. The van der Waals surface area contributed by atoms with Crippen LogP contribution in [0, 0.1) is 13.8 Å². The first kappa shape index (κ1) is 13.0. The van der Waals surface area contributed by atoms with Crippen LogP contribution in [0.1, 0.15) is 49.5 Å². The van der Waals surface area contributed by atoms with Crippen molar-refractivity contribution >= 4 is 0 Å². The van der Waals surface area contributed by atoms with Gasteiger partial charge in [0.15, 0.2) is 0 Å². The van der Waals surface area contributed by atoms with Gasteiger partial charge in [-0.1, -0.05) is 13.3 Å². The summed E-state index contributed by atoms with van der Waals surface area (Å²) in [7, 11) is 0. The second kappa shape index (κ2) is 5.90. The van der Waals surface area contributed by atoms with E-state index in [9.17, 15) is 5.11 Å². The molecule has 2 nitrogen and oxygen atoms in total. The first-order valence-electron chi connectivity index (χ1n) is 5.98. The highest BCUT2D eigenvalue weighted by Crippen LogP contribution is 2.26. The van der Waals surface area contributed by atoms with Crippen molar-refractivity contribution in [2.24, 2.45) is 0 Å². The predicted molar refractivity (Wildman–Crippen MR) is 67.0 cm³/mol. The van der Waals surface area contributed by atoms with Crippen molar-refractivity contribution in [2.75, 3.05) is 6.61 Å². The van der Waals surface area contributed by atoms with Crippen molar-refractivity contribution in [3.63, 3.8) is 0 Å².